The van der Waals surface area contributed by atoms with Crippen molar-refractivity contribution >= 4 is 62.0 Å². The molecule has 0 amide bonds. The van der Waals surface area contributed by atoms with Gasteiger partial charge in [-0.25, -0.2) is 0 Å². The summed E-state index contributed by atoms with van der Waals surface area (Å²) >= 11 is 0. The summed E-state index contributed by atoms with van der Waals surface area (Å²) in [6.07, 6.45) is 0. The van der Waals surface area contributed by atoms with Crippen LogP contribution < -0.4 is 0 Å². The molecule has 0 spiro atoms. The number of phenolic OH excluding ortho intramolecular Hbond substituents is 2. The van der Waals surface area contributed by atoms with Gasteiger partial charge in [0.05, 0.1) is 9.79 Å². The van der Waals surface area contributed by atoms with E-state index in [9.17, 15) is 62.1 Å². The van der Waals surface area contributed by atoms with E-state index in [0.29, 0.717) is 12.1 Å². The third-order valence-electron chi connectivity index (χ3n) is 6.67. The molecule has 0 aliphatic heterocycles. The van der Waals surface area contributed by atoms with Crippen molar-refractivity contribution in [2.75, 3.05) is 0 Å². The highest BCUT2D eigenvalue weighted by atomic mass is 32.2. The van der Waals surface area contributed by atoms with Crippen molar-refractivity contribution in [1.29, 1.82) is 0 Å². The number of hydrogen-bond donors (Lipinski definition) is 6. The Morgan fingerprint density at radius 1 is 0.409 bits per heavy atom. The molecule has 230 valence electrons. The van der Waals surface area contributed by atoms with Crippen LogP contribution in [0.2, 0.25) is 0 Å². The van der Waals surface area contributed by atoms with Gasteiger partial charge in [-0.05, 0) is 64.4 Å². The van der Waals surface area contributed by atoms with Crippen molar-refractivity contribution < 1.29 is 62.1 Å². The molecule has 5 aromatic rings. The van der Waals surface area contributed by atoms with E-state index in [1.165, 1.54) is 42.5 Å². The highest BCUT2D eigenvalue weighted by molar-refractivity contribution is 7.87. The zero-order chi connectivity index (χ0) is 32.6. The second-order valence-electron chi connectivity index (χ2n) is 9.50. The zero-order valence-electron chi connectivity index (χ0n) is 21.5. The lowest BCUT2D eigenvalue weighted by molar-refractivity contribution is 0.453. The summed E-state index contributed by atoms with van der Waals surface area (Å²) < 4.78 is 133. The minimum atomic E-state index is -5.03. The van der Waals surface area contributed by atoms with E-state index in [1.807, 2.05) is 0 Å². The molecule has 0 unspecified atom stereocenters. The van der Waals surface area contributed by atoms with E-state index in [0.717, 1.165) is 18.2 Å². The average Bonchev–Trinajstić information content (AvgIpc) is 2.89. The predicted molar refractivity (Wildman–Crippen MR) is 155 cm³/mol. The van der Waals surface area contributed by atoms with Crippen molar-refractivity contribution in [3.05, 3.63) is 72.8 Å². The second kappa shape index (κ2) is 10.2. The molecule has 0 fully saturated rings. The fourth-order valence-corrected chi connectivity index (χ4v) is 7.39. The van der Waals surface area contributed by atoms with Gasteiger partial charge >= 0.3 is 0 Å². The second-order valence-corrected chi connectivity index (χ2v) is 15.1. The smallest absolute Gasteiger partial charge is 0.295 e. The van der Waals surface area contributed by atoms with E-state index in [-0.39, 0.29) is 43.8 Å². The van der Waals surface area contributed by atoms with Crippen LogP contribution in [0.15, 0.2) is 92.4 Å². The Balaban J connectivity index is 1.75. The van der Waals surface area contributed by atoms with Crippen LogP contribution in [-0.2, 0) is 40.5 Å². The Bertz CT molecular complexity index is 2330. The minimum absolute atomic E-state index is 0.0170. The number of aromatic hydroxyl groups is 2. The van der Waals surface area contributed by atoms with Gasteiger partial charge in [0.2, 0.25) is 0 Å². The van der Waals surface area contributed by atoms with E-state index in [1.54, 1.807) is 0 Å². The maximum absolute atomic E-state index is 12.1. The summed E-state index contributed by atoms with van der Waals surface area (Å²) in [7, 11) is -19.8. The van der Waals surface area contributed by atoms with Gasteiger partial charge < -0.3 is 10.2 Å². The normalized spacial score (nSPS) is 13.0. The fourth-order valence-electron chi connectivity index (χ4n) is 4.69. The van der Waals surface area contributed by atoms with E-state index >= 15 is 0 Å². The first kappa shape index (κ1) is 31.3. The van der Waals surface area contributed by atoms with Crippen LogP contribution >= 0.6 is 0 Å². The van der Waals surface area contributed by atoms with Crippen molar-refractivity contribution in [3.8, 4) is 33.8 Å². The third kappa shape index (κ3) is 5.84. The number of phenols is 2. The van der Waals surface area contributed by atoms with Gasteiger partial charge in [-0.2, -0.15) is 33.7 Å². The van der Waals surface area contributed by atoms with Crippen LogP contribution in [0, 0.1) is 0 Å². The fraction of sp³-hybridized carbons (Fsp3) is 0. The van der Waals surface area contributed by atoms with Crippen molar-refractivity contribution in [2.45, 2.75) is 19.6 Å². The molecule has 0 saturated heterocycles. The Morgan fingerprint density at radius 3 is 1.09 bits per heavy atom. The van der Waals surface area contributed by atoms with Gasteiger partial charge in [0.1, 0.15) is 21.3 Å². The monoisotopic (exact) mass is 682 g/mol. The van der Waals surface area contributed by atoms with Crippen LogP contribution in [0.4, 0.5) is 0 Å². The first-order chi connectivity index (χ1) is 20.1. The molecule has 0 atom stereocenters. The van der Waals surface area contributed by atoms with Gasteiger partial charge in [-0.15, -0.1) is 0 Å². The molecule has 0 heterocycles. The Morgan fingerprint density at radius 2 is 0.773 bits per heavy atom. The molecule has 0 saturated carbocycles. The summed E-state index contributed by atoms with van der Waals surface area (Å²) in [5, 5.41) is 20.9. The average molecular weight is 683 g/mol. The molecule has 5 rings (SSSR count). The molecule has 0 aromatic heterocycles. The van der Waals surface area contributed by atoms with Crippen molar-refractivity contribution in [3.63, 3.8) is 0 Å². The lowest BCUT2D eigenvalue weighted by atomic mass is 9.94. The number of hydrogen-bond acceptors (Lipinski definition) is 10. The van der Waals surface area contributed by atoms with Crippen LogP contribution in [0.1, 0.15) is 0 Å². The maximum atomic E-state index is 12.1. The summed E-state index contributed by atoms with van der Waals surface area (Å²) in [6, 6.07) is 12.8. The zero-order valence-corrected chi connectivity index (χ0v) is 24.8. The summed E-state index contributed by atoms with van der Waals surface area (Å²) in [5.74, 6) is -1.02. The van der Waals surface area contributed by atoms with Crippen molar-refractivity contribution in [2.24, 2.45) is 0 Å². The maximum Gasteiger partial charge on any atom is 0.295 e. The summed E-state index contributed by atoms with van der Waals surface area (Å²) in [4.78, 5) is -3.33. The minimum Gasteiger partial charge on any atom is -0.507 e. The van der Waals surface area contributed by atoms with E-state index in [4.69, 9.17) is 0 Å². The van der Waals surface area contributed by atoms with Gasteiger partial charge in [0.25, 0.3) is 40.5 Å². The number of fused-ring (bicyclic) bond motifs is 2. The van der Waals surface area contributed by atoms with Gasteiger partial charge in [-0.3, -0.25) is 18.2 Å². The van der Waals surface area contributed by atoms with Crippen molar-refractivity contribution in [1.82, 2.24) is 0 Å². The van der Waals surface area contributed by atoms with Gasteiger partial charge in [0.15, 0.2) is 0 Å². The highest BCUT2D eigenvalue weighted by Gasteiger charge is 2.23. The first-order valence-electron chi connectivity index (χ1n) is 11.8. The topological polar surface area (TPSA) is 258 Å². The molecule has 14 nitrogen and oxygen atoms in total. The molecule has 0 aliphatic rings. The standard InChI is InChI=1S/C26H18O14S4/c27-23-12-24(28)20(16-4-2-14-6-18(42(32,33)34)10-26(22(14)8-16)44(38,39)40)11-19(23)15-3-1-13-5-17(41(29,30)31)9-25(21(13)7-15)43(35,36)37/h1-12,27-28H,(H,29,30,31)(H,32,33,34)(H,35,36,37)(H,38,39,40). The molecule has 0 bridgehead atoms. The van der Waals surface area contributed by atoms with Gasteiger partial charge in [-0.1, -0.05) is 24.3 Å². The van der Waals surface area contributed by atoms with Crippen LogP contribution in [0.3, 0.4) is 0 Å². The predicted octanol–water partition coefficient (Wildman–Crippen LogP) is 3.73. The SMILES string of the molecule is O=S(=O)(O)c1cc(S(=O)(=O)O)c2cc(-c3cc(-c4ccc5cc(S(=O)(=O)O)cc(S(=O)(=O)O)c5c4)c(O)cc3O)ccc2c1. The van der Waals surface area contributed by atoms with E-state index < -0.39 is 71.6 Å². The Kier molecular flexibility index (Phi) is 7.26. The van der Waals surface area contributed by atoms with E-state index in [2.05, 4.69) is 0 Å². The lowest BCUT2D eigenvalue weighted by Gasteiger charge is -2.14. The lowest BCUT2D eigenvalue weighted by Crippen LogP contribution is -2.04. The summed E-state index contributed by atoms with van der Waals surface area (Å²) in [6.45, 7) is 0. The quantitative estimate of drug-likeness (QED) is 0.140. The molecule has 44 heavy (non-hydrogen) atoms. The molecular weight excluding hydrogens is 665 g/mol. The molecule has 0 radical (unpaired) electrons. The number of rotatable bonds is 6. The van der Waals surface area contributed by atoms with Gasteiger partial charge in [0, 0.05) is 28.0 Å². The Hall–Kier alpha value is -4.14. The molecule has 6 N–H and O–H groups in total. The van der Waals surface area contributed by atoms with Crippen LogP contribution in [0.5, 0.6) is 11.5 Å². The van der Waals surface area contributed by atoms with Crippen LogP contribution in [0.25, 0.3) is 43.8 Å². The Labute approximate surface area is 249 Å². The van der Waals surface area contributed by atoms with Crippen LogP contribution in [-0.4, -0.2) is 62.1 Å². The summed E-state index contributed by atoms with van der Waals surface area (Å²) in [5.41, 5.74) is 0.184. The molecule has 18 heteroatoms. The molecule has 0 aliphatic carbocycles. The molecule has 5 aromatic carbocycles. The third-order valence-corrected chi connectivity index (χ3v) is 10.1. The largest absolute Gasteiger partial charge is 0.507 e. The molecular formula is C26H18O14S4. The number of benzene rings is 5. The highest BCUT2D eigenvalue weighted by Crippen LogP contribution is 2.42. The first-order valence-corrected chi connectivity index (χ1v) is 17.5.